The summed E-state index contributed by atoms with van der Waals surface area (Å²) in [6.45, 7) is -1.15. The zero-order valence-electron chi connectivity index (χ0n) is 18.3. The molecule has 2 aliphatic heterocycles. The molecule has 0 aromatic heterocycles. The number of alkyl halides is 3. The highest BCUT2D eigenvalue weighted by Crippen LogP contribution is 2.37. The van der Waals surface area contributed by atoms with Gasteiger partial charge in [-0.1, -0.05) is 30.0 Å². The fraction of sp³-hybridized carbons (Fsp3) is 0.292. The summed E-state index contributed by atoms with van der Waals surface area (Å²) >= 11 is 0. The second-order valence-corrected chi connectivity index (χ2v) is 8.36. The van der Waals surface area contributed by atoms with Gasteiger partial charge in [0.05, 0.1) is 6.42 Å². The Morgan fingerprint density at radius 3 is 2.14 bits per heavy atom. The van der Waals surface area contributed by atoms with Crippen molar-refractivity contribution in [1.29, 1.82) is 0 Å². The first-order chi connectivity index (χ1) is 16.4. The lowest BCUT2D eigenvalue weighted by Gasteiger charge is -2.51. The highest BCUT2D eigenvalue weighted by atomic mass is 19.4. The van der Waals surface area contributed by atoms with Gasteiger partial charge in [-0.3, -0.25) is 9.59 Å². The van der Waals surface area contributed by atoms with E-state index in [1.54, 1.807) is 30.3 Å². The maximum atomic E-state index is 14.9. The summed E-state index contributed by atoms with van der Waals surface area (Å²) < 4.78 is 68.4. The molecule has 2 saturated heterocycles. The normalized spacial score (nSPS) is 20.5. The number of fused-ring (bicyclic) bond motifs is 1. The van der Waals surface area contributed by atoms with E-state index >= 15 is 0 Å². The van der Waals surface area contributed by atoms with Gasteiger partial charge in [-0.2, -0.15) is 13.2 Å². The highest BCUT2D eigenvalue weighted by Gasteiger charge is 2.56. The molecular formula is C24H18F5N3O3. The third-order valence-corrected chi connectivity index (χ3v) is 5.84. The maximum absolute atomic E-state index is 14.9. The van der Waals surface area contributed by atoms with Crippen LogP contribution < -0.4 is 4.90 Å². The number of halogens is 5. The van der Waals surface area contributed by atoms with Gasteiger partial charge in [0.15, 0.2) is 11.6 Å². The van der Waals surface area contributed by atoms with Crippen LogP contribution in [-0.2, 0) is 9.59 Å². The molecule has 1 atom stereocenters. The van der Waals surface area contributed by atoms with Crippen LogP contribution >= 0.6 is 0 Å². The molecule has 0 aliphatic carbocycles. The van der Waals surface area contributed by atoms with E-state index in [0.717, 1.165) is 17.0 Å². The molecular weight excluding hydrogens is 473 g/mol. The molecule has 0 spiro atoms. The third-order valence-electron chi connectivity index (χ3n) is 5.84. The van der Waals surface area contributed by atoms with Gasteiger partial charge in [0.2, 0.25) is 11.8 Å². The minimum atomic E-state index is -4.67. The number of nitrogens with zero attached hydrogens (tertiary/aromatic N) is 3. The average Bonchev–Trinajstić information content (AvgIpc) is 2.77. The smallest absolute Gasteiger partial charge is 0.330 e. The number of anilines is 1. The predicted octanol–water partition coefficient (Wildman–Crippen LogP) is 3.69. The lowest BCUT2D eigenvalue weighted by Crippen LogP contribution is -2.73. The molecule has 35 heavy (non-hydrogen) atoms. The lowest BCUT2D eigenvalue weighted by molar-refractivity contribution is -0.174. The topological polar surface area (TPSA) is 60.9 Å². The Kier molecular flexibility index (Phi) is 6.00. The first-order valence-corrected chi connectivity index (χ1v) is 10.5. The van der Waals surface area contributed by atoms with Crippen molar-refractivity contribution in [2.45, 2.75) is 25.1 Å². The van der Waals surface area contributed by atoms with Crippen molar-refractivity contribution in [3.63, 3.8) is 0 Å². The fourth-order valence-corrected chi connectivity index (χ4v) is 4.21. The minimum absolute atomic E-state index is 0.0368. The molecule has 11 heteroatoms. The van der Waals surface area contributed by atoms with Crippen molar-refractivity contribution in [1.82, 2.24) is 9.80 Å². The first kappa shape index (κ1) is 24.2. The van der Waals surface area contributed by atoms with Crippen molar-refractivity contribution >= 4 is 23.5 Å². The van der Waals surface area contributed by atoms with E-state index < -0.39 is 66.4 Å². The number of rotatable bonds is 2. The van der Waals surface area contributed by atoms with Crippen molar-refractivity contribution in [3.8, 4) is 11.8 Å². The molecule has 2 aromatic rings. The van der Waals surface area contributed by atoms with Gasteiger partial charge in [-0.05, 0) is 31.2 Å². The number of urea groups is 1. The quantitative estimate of drug-likeness (QED) is 0.476. The van der Waals surface area contributed by atoms with Gasteiger partial charge in [0, 0.05) is 24.2 Å². The number of benzene rings is 2. The lowest BCUT2D eigenvalue weighted by atomic mass is 9.88. The van der Waals surface area contributed by atoms with Gasteiger partial charge < -0.3 is 9.80 Å². The zero-order valence-corrected chi connectivity index (χ0v) is 18.3. The molecule has 2 fully saturated rings. The molecule has 2 aliphatic rings. The van der Waals surface area contributed by atoms with Crippen LogP contribution in [0.2, 0.25) is 0 Å². The fourth-order valence-electron chi connectivity index (χ4n) is 4.21. The summed E-state index contributed by atoms with van der Waals surface area (Å²) in [5.74, 6) is 0.714. The van der Waals surface area contributed by atoms with Gasteiger partial charge in [-0.15, -0.1) is 0 Å². The molecule has 182 valence electrons. The highest BCUT2D eigenvalue weighted by molar-refractivity contribution is 6.19. The predicted molar refractivity (Wildman–Crippen MR) is 114 cm³/mol. The van der Waals surface area contributed by atoms with E-state index in [9.17, 15) is 36.3 Å². The van der Waals surface area contributed by atoms with E-state index in [1.807, 2.05) is 0 Å². The zero-order chi connectivity index (χ0) is 25.5. The van der Waals surface area contributed by atoms with E-state index in [-0.39, 0.29) is 17.0 Å². The van der Waals surface area contributed by atoms with Crippen molar-refractivity contribution in [3.05, 3.63) is 65.2 Å². The van der Waals surface area contributed by atoms with Crippen LogP contribution in [0, 0.1) is 23.5 Å². The van der Waals surface area contributed by atoms with Crippen molar-refractivity contribution in [2.24, 2.45) is 0 Å². The Hall–Kier alpha value is -3.94. The molecule has 4 rings (SSSR count). The molecule has 4 amide bonds. The van der Waals surface area contributed by atoms with Crippen LogP contribution in [0.15, 0.2) is 42.5 Å². The van der Waals surface area contributed by atoms with Gasteiger partial charge in [-0.25, -0.2) is 18.5 Å². The van der Waals surface area contributed by atoms with Crippen LogP contribution in [-0.4, -0.2) is 59.0 Å². The van der Waals surface area contributed by atoms with E-state index in [2.05, 4.69) is 11.8 Å². The number of carbonyl (C=O) groups excluding carboxylic acids is 3. The Bertz CT molecular complexity index is 1250. The monoisotopic (exact) mass is 491 g/mol. The Morgan fingerprint density at radius 2 is 1.54 bits per heavy atom. The van der Waals surface area contributed by atoms with Crippen molar-refractivity contribution < 1.29 is 36.3 Å². The number of hydrogen-bond acceptors (Lipinski definition) is 3. The number of hydrogen-bond donors (Lipinski definition) is 0. The van der Waals surface area contributed by atoms with E-state index in [1.165, 1.54) is 6.92 Å². The summed E-state index contributed by atoms with van der Waals surface area (Å²) in [4.78, 5) is 40.4. The van der Waals surface area contributed by atoms with E-state index in [4.69, 9.17) is 0 Å². The molecule has 0 bridgehead atoms. The first-order valence-electron chi connectivity index (χ1n) is 10.5. The van der Waals surface area contributed by atoms with Crippen LogP contribution in [0.25, 0.3) is 0 Å². The van der Waals surface area contributed by atoms with Crippen LogP contribution in [0.5, 0.6) is 0 Å². The third kappa shape index (κ3) is 4.56. The Morgan fingerprint density at radius 1 is 0.943 bits per heavy atom. The molecule has 0 radical (unpaired) electrons. The van der Waals surface area contributed by atoms with Crippen LogP contribution in [0.3, 0.4) is 0 Å². The number of piperazine rings is 1. The van der Waals surface area contributed by atoms with Gasteiger partial charge >= 0.3 is 12.2 Å². The summed E-state index contributed by atoms with van der Waals surface area (Å²) in [6, 6.07) is 9.21. The van der Waals surface area contributed by atoms with Gasteiger partial charge in [0.1, 0.15) is 17.8 Å². The second-order valence-electron chi connectivity index (χ2n) is 8.36. The van der Waals surface area contributed by atoms with Crippen LogP contribution in [0.4, 0.5) is 32.4 Å². The molecule has 0 saturated carbocycles. The Balaban J connectivity index is 1.63. The average molecular weight is 491 g/mol. The Labute approximate surface area is 196 Å². The van der Waals surface area contributed by atoms with Crippen LogP contribution in [0.1, 0.15) is 24.5 Å². The van der Waals surface area contributed by atoms with Gasteiger partial charge in [0.25, 0.3) is 0 Å². The van der Waals surface area contributed by atoms with Crippen molar-refractivity contribution in [2.75, 3.05) is 24.5 Å². The van der Waals surface area contributed by atoms with E-state index in [0.29, 0.717) is 10.5 Å². The summed E-state index contributed by atoms with van der Waals surface area (Å²) in [5.41, 5.74) is -2.27. The molecule has 2 heterocycles. The summed E-state index contributed by atoms with van der Waals surface area (Å²) in [6.07, 6.45) is -5.40. The SMILES string of the molecule is CC12CC(=O)N(c3c(F)cc(C#Cc4ccccc4)cc3F)C(=O)N1CCN(CC(F)(F)F)C2=O. The number of carbonyl (C=O) groups is 3. The summed E-state index contributed by atoms with van der Waals surface area (Å²) in [5, 5.41) is 0. The molecule has 2 aromatic carbocycles. The molecule has 1 unspecified atom stereocenters. The summed E-state index contributed by atoms with van der Waals surface area (Å²) in [7, 11) is 0. The number of imide groups is 1. The minimum Gasteiger partial charge on any atom is -0.330 e. The maximum Gasteiger partial charge on any atom is 0.406 e. The second kappa shape index (κ2) is 8.69. The molecule has 0 N–H and O–H groups in total. The molecule has 6 nitrogen and oxygen atoms in total. The largest absolute Gasteiger partial charge is 0.406 e. The number of amides is 4. The standard InChI is InChI=1S/C24H18F5N3O3/c1-23-13-19(33)32(22(35)31(23)10-9-30(21(23)34)14-24(27,28)29)20-17(25)11-16(12-18(20)26)8-7-15-5-3-2-4-6-15/h2-6,11-12H,9-10,13-14H2,1H3.